The lowest BCUT2D eigenvalue weighted by Crippen LogP contribution is -1.97. The lowest BCUT2D eigenvalue weighted by molar-refractivity contribution is 0.238. The molecule has 0 amide bonds. The second-order valence-electron chi connectivity index (χ2n) is 2.63. The zero-order valence-corrected chi connectivity index (χ0v) is 7.60. The molecule has 1 aromatic rings. The predicted octanol–water partition coefficient (Wildman–Crippen LogP) is 1.37. The number of aliphatic hydroxyl groups excluding tert-OH is 1. The Morgan fingerprint density at radius 1 is 1.43 bits per heavy atom. The van der Waals surface area contributed by atoms with E-state index >= 15 is 0 Å². The molecule has 70 valence electrons. The van der Waals surface area contributed by atoms with Crippen molar-refractivity contribution in [1.82, 2.24) is 0 Å². The molecule has 0 aliphatic heterocycles. The van der Waals surface area contributed by atoms with Gasteiger partial charge in [-0.15, -0.1) is 12.8 Å². The first-order valence-electron chi connectivity index (χ1n) is 4.08. The van der Waals surface area contributed by atoms with Crippen LogP contribution < -0.4 is 4.74 Å². The fourth-order valence-electron chi connectivity index (χ4n) is 0.996. The van der Waals surface area contributed by atoms with Crippen molar-refractivity contribution in [2.75, 3.05) is 6.61 Å². The number of hydrogen-bond acceptors (Lipinski definition) is 2. The Morgan fingerprint density at radius 3 is 2.86 bits per heavy atom. The van der Waals surface area contributed by atoms with Crippen molar-refractivity contribution in [3.05, 3.63) is 29.8 Å². The van der Waals surface area contributed by atoms with Crippen LogP contribution in [0.3, 0.4) is 0 Å². The van der Waals surface area contributed by atoms with E-state index in [4.69, 9.17) is 17.6 Å². The summed E-state index contributed by atoms with van der Waals surface area (Å²) in [6.45, 7) is 0.204. The smallest absolute Gasteiger partial charge is 0.148 e. The summed E-state index contributed by atoms with van der Waals surface area (Å²) >= 11 is 0. The van der Waals surface area contributed by atoms with E-state index in [0.717, 1.165) is 0 Å². The van der Waals surface area contributed by atoms with Gasteiger partial charge in [0.1, 0.15) is 18.5 Å². The lowest BCUT2D eigenvalue weighted by atomic mass is 10.1. The highest BCUT2D eigenvalue weighted by atomic mass is 16.5. The topological polar surface area (TPSA) is 29.5 Å². The molecule has 1 rings (SSSR count). The minimum Gasteiger partial charge on any atom is -0.481 e. The van der Waals surface area contributed by atoms with Crippen LogP contribution >= 0.6 is 0 Å². The normalized spacial score (nSPS) is 11.1. The van der Waals surface area contributed by atoms with Crippen molar-refractivity contribution in [3.63, 3.8) is 0 Å². The first-order chi connectivity index (χ1) is 6.77. The van der Waals surface area contributed by atoms with Crippen LogP contribution in [0.4, 0.5) is 0 Å². The van der Waals surface area contributed by atoms with Crippen LogP contribution in [0, 0.1) is 24.7 Å². The minimum absolute atomic E-state index is 0.204. The van der Waals surface area contributed by atoms with E-state index in [1.807, 2.05) is 0 Å². The Balaban J connectivity index is 2.81. The number of hydrogen-bond donors (Lipinski definition) is 1. The van der Waals surface area contributed by atoms with Gasteiger partial charge in [0.25, 0.3) is 0 Å². The Morgan fingerprint density at radius 2 is 2.21 bits per heavy atom. The van der Waals surface area contributed by atoms with Gasteiger partial charge in [0, 0.05) is 0 Å². The number of aliphatic hydroxyl groups is 1. The van der Waals surface area contributed by atoms with E-state index in [1.165, 1.54) is 0 Å². The van der Waals surface area contributed by atoms with E-state index in [0.29, 0.717) is 11.3 Å². The van der Waals surface area contributed by atoms with Gasteiger partial charge in [-0.2, -0.15) is 0 Å². The molecule has 1 unspecified atom stereocenters. The van der Waals surface area contributed by atoms with Crippen LogP contribution in [-0.2, 0) is 0 Å². The zero-order valence-electron chi connectivity index (χ0n) is 7.60. The first-order valence-corrected chi connectivity index (χ1v) is 4.08. The van der Waals surface area contributed by atoms with Crippen molar-refractivity contribution in [3.8, 4) is 30.4 Å². The molecule has 0 aromatic heterocycles. The zero-order chi connectivity index (χ0) is 10.4. The van der Waals surface area contributed by atoms with Crippen molar-refractivity contribution in [1.29, 1.82) is 0 Å². The summed E-state index contributed by atoms with van der Waals surface area (Å²) in [7, 11) is 0. The van der Waals surface area contributed by atoms with Gasteiger partial charge in [-0.1, -0.05) is 24.0 Å². The number of ether oxygens (including phenoxy) is 1. The second-order valence-corrected chi connectivity index (χ2v) is 2.63. The van der Waals surface area contributed by atoms with Crippen molar-refractivity contribution < 1.29 is 9.84 Å². The van der Waals surface area contributed by atoms with Gasteiger partial charge >= 0.3 is 0 Å². The first kappa shape index (κ1) is 10.2. The average molecular weight is 186 g/mol. The maximum absolute atomic E-state index is 9.35. The van der Waals surface area contributed by atoms with Gasteiger partial charge in [-0.25, -0.2) is 0 Å². The second kappa shape index (κ2) is 4.97. The van der Waals surface area contributed by atoms with Crippen LogP contribution in [0.5, 0.6) is 5.75 Å². The molecule has 0 fully saturated rings. The standard InChI is InChI=1S/C12H10O2/c1-3-8-14-11-7-5-6-10(9-11)12(13)4-2/h1-2,5-7,9,12-13H,8H2. The maximum atomic E-state index is 9.35. The largest absolute Gasteiger partial charge is 0.481 e. The summed E-state index contributed by atoms with van der Waals surface area (Å²) in [6.07, 6.45) is 9.23. The molecular formula is C12H10O2. The molecule has 1 N–H and O–H groups in total. The van der Waals surface area contributed by atoms with E-state index in [9.17, 15) is 5.11 Å². The van der Waals surface area contributed by atoms with Gasteiger partial charge in [0.2, 0.25) is 0 Å². The summed E-state index contributed by atoms with van der Waals surface area (Å²) in [5, 5.41) is 9.35. The Kier molecular flexibility index (Phi) is 3.61. The summed E-state index contributed by atoms with van der Waals surface area (Å²) in [6, 6.07) is 6.90. The number of rotatable bonds is 3. The molecule has 0 saturated heterocycles. The Labute approximate surface area is 83.5 Å². The van der Waals surface area contributed by atoms with Crippen molar-refractivity contribution in [2.45, 2.75) is 6.10 Å². The fraction of sp³-hybridized carbons (Fsp3) is 0.167. The maximum Gasteiger partial charge on any atom is 0.148 e. The van der Waals surface area contributed by atoms with Gasteiger partial charge in [0.05, 0.1) is 0 Å². The van der Waals surface area contributed by atoms with E-state index in [-0.39, 0.29) is 6.61 Å². The molecule has 14 heavy (non-hydrogen) atoms. The quantitative estimate of drug-likeness (QED) is 0.722. The highest BCUT2D eigenvalue weighted by Crippen LogP contribution is 2.18. The molecule has 0 spiro atoms. The third-order valence-corrected chi connectivity index (χ3v) is 1.65. The van der Waals surface area contributed by atoms with Gasteiger partial charge in [0.15, 0.2) is 0 Å². The SMILES string of the molecule is C#CCOc1cccc(C(O)C#C)c1. The third-order valence-electron chi connectivity index (χ3n) is 1.65. The Bertz CT molecular complexity index is 382. The van der Waals surface area contributed by atoms with Gasteiger partial charge < -0.3 is 9.84 Å². The van der Waals surface area contributed by atoms with E-state index in [2.05, 4.69) is 11.8 Å². The highest BCUT2D eigenvalue weighted by Gasteiger charge is 2.03. The van der Waals surface area contributed by atoms with Crippen LogP contribution in [0.15, 0.2) is 24.3 Å². The van der Waals surface area contributed by atoms with Gasteiger partial charge in [-0.05, 0) is 17.7 Å². The molecule has 0 aliphatic rings. The van der Waals surface area contributed by atoms with E-state index in [1.54, 1.807) is 24.3 Å². The van der Waals surface area contributed by atoms with Crippen molar-refractivity contribution >= 4 is 0 Å². The number of benzene rings is 1. The molecule has 0 radical (unpaired) electrons. The molecule has 0 saturated carbocycles. The fourth-order valence-corrected chi connectivity index (χ4v) is 0.996. The molecule has 2 heteroatoms. The summed E-state index contributed by atoms with van der Waals surface area (Å²) in [5.74, 6) is 5.18. The summed E-state index contributed by atoms with van der Waals surface area (Å²) in [4.78, 5) is 0. The highest BCUT2D eigenvalue weighted by molar-refractivity contribution is 5.32. The minimum atomic E-state index is -0.899. The predicted molar refractivity (Wildman–Crippen MR) is 54.6 cm³/mol. The molecule has 1 aromatic carbocycles. The van der Waals surface area contributed by atoms with Gasteiger partial charge in [-0.3, -0.25) is 0 Å². The molecular weight excluding hydrogens is 176 g/mol. The molecule has 0 bridgehead atoms. The molecule has 2 nitrogen and oxygen atoms in total. The molecule has 0 aliphatic carbocycles. The average Bonchev–Trinajstić information content (AvgIpc) is 2.25. The van der Waals surface area contributed by atoms with E-state index < -0.39 is 6.10 Å². The van der Waals surface area contributed by atoms with Crippen LogP contribution in [0.1, 0.15) is 11.7 Å². The summed E-state index contributed by atoms with van der Waals surface area (Å²) in [5.41, 5.74) is 0.627. The molecule has 0 heterocycles. The lowest BCUT2D eigenvalue weighted by Gasteiger charge is -2.06. The monoisotopic (exact) mass is 186 g/mol. The number of terminal acetylenes is 2. The Hall–Kier alpha value is -1.90. The molecule has 1 atom stereocenters. The van der Waals surface area contributed by atoms with Crippen molar-refractivity contribution in [2.24, 2.45) is 0 Å². The van der Waals surface area contributed by atoms with Crippen LogP contribution in [-0.4, -0.2) is 11.7 Å². The third kappa shape index (κ3) is 2.55. The van der Waals surface area contributed by atoms with Crippen LogP contribution in [0.2, 0.25) is 0 Å². The van der Waals surface area contributed by atoms with Crippen LogP contribution in [0.25, 0.3) is 0 Å². The summed E-state index contributed by atoms with van der Waals surface area (Å²) < 4.78 is 5.17.